The molecule has 1 aliphatic carbocycles. The zero-order valence-electron chi connectivity index (χ0n) is 14.4. The van der Waals surface area contributed by atoms with E-state index in [1.807, 2.05) is 11.8 Å². The van der Waals surface area contributed by atoms with Crippen molar-refractivity contribution in [3.63, 3.8) is 0 Å². The van der Waals surface area contributed by atoms with Gasteiger partial charge in [0.15, 0.2) is 0 Å². The first-order valence-electron chi connectivity index (χ1n) is 8.61. The van der Waals surface area contributed by atoms with E-state index in [-0.39, 0.29) is 24.0 Å². The Morgan fingerprint density at radius 1 is 1.25 bits per heavy atom. The predicted molar refractivity (Wildman–Crippen MR) is 93.5 cm³/mol. The SMILES string of the molecule is CCN(C(=O)CNc1ccc(F)c(NC(C)=O)c1)C1CCCCC1. The van der Waals surface area contributed by atoms with Crippen molar-refractivity contribution in [2.45, 2.75) is 52.0 Å². The minimum atomic E-state index is -0.500. The van der Waals surface area contributed by atoms with Crippen LogP contribution < -0.4 is 10.6 Å². The van der Waals surface area contributed by atoms with E-state index in [2.05, 4.69) is 10.6 Å². The smallest absolute Gasteiger partial charge is 0.242 e. The summed E-state index contributed by atoms with van der Waals surface area (Å²) in [6.45, 7) is 4.19. The summed E-state index contributed by atoms with van der Waals surface area (Å²) in [4.78, 5) is 25.5. The van der Waals surface area contributed by atoms with Gasteiger partial charge in [0.2, 0.25) is 11.8 Å². The van der Waals surface area contributed by atoms with Gasteiger partial charge in [-0.3, -0.25) is 9.59 Å². The second-order valence-electron chi connectivity index (χ2n) is 6.20. The zero-order chi connectivity index (χ0) is 17.5. The first kappa shape index (κ1) is 18.2. The van der Waals surface area contributed by atoms with Crippen molar-refractivity contribution >= 4 is 23.2 Å². The van der Waals surface area contributed by atoms with Crippen molar-refractivity contribution in [2.24, 2.45) is 0 Å². The molecule has 0 saturated heterocycles. The summed E-state index contributed by atoms with van der Waals surface area (Å²) < 4.78 is 13.6. The van der Waals surface area contributed by atoms with Crippen molar-refractivity contribution < 1.29 is 14.0 Å². The lowest BCUT2D eigenvalue weighted by Crippen LogP contribution is -2.43. The number of carbonyl (C=O) groups excluding carboxylic acids is 2. The number of nitrogens with zero attached hydrogens (tertiary/aromatic N) is 1. The van der Waals surface area contributed by atoms with Crippen LogP contribution in [0.5, 0.6) is 0 Å². The highest BCUT2D eigenvalue weighted by Gasteiger charge is 2.23. The number of carbonyl (C=O) groups is 2. The minimum absolute atomic E-state index is 0.0507. The number of nitrogens with one attached hydrogen (secondary N) is 2. The Morgan fingerprint density at radius 2 is 1.96 bits per heavy atom. The summed E-state index contributed by atoms with van der Waals surface area (Å²) in [5, 5.41) is 5.47. The molecule has 0 radical (unpaired) electrons. The van der Waals surface area contributed by atoms with E-state index in [4.69, 9.17) is 0 Å². The molecule has 2 rings (SSSR count). The van der Waals surface area contributed by atoms with Crippen LogP contribution >= 0.6 is 0 Å². The molecule has 1 aromatic rings. The van der Waals surface area contributed by atoms with Gasteiger partial charge in [-0.15, -0.1) is 0 Å². The lowest BCUT2D eigenvalue weighted by molar-refractivity contribution is -0.132. The summed E-state index contributed by atoms with van der Waals surface area (Å²) in [5.41, 5.74) is 0.716. The summed E-state index contributed by atoms with van der Waals surface area (Å²) in [6, 6.07) is 4.67. The van der Waals surface area contributed by atoms with E-state index in [0.29, 0.717) is 18.3 Å². The lowest BCUT2D eigenvalue weighted by atomic mass is 9.94. The van der Waals surface area contributed by atoms with Crippen LogP contribution in [-0.4, -0.2) is 35.8 Å². The molecular formula is C18H26FN3O2. The number of anilines is 2. The van der Waals surface area contributed by atoms with Crippen molar-refractivity contribution in [2.75, 3.05) is 23.7 Å². The third-order valence-corrected chi connectivity index (χ3v) is 4.40. The van der Waals surface area contributed by atoms with Gasteiger partial charge >= 0.3 is 0 Å². The number of hydrogen-bond acceptors (Lipinski definition) is 3. The van der Waals surface area contributed by atoms with E-state index < -0.39 is 5.82 Å². The van der Waals surface area contributed by atoms with Gasteiger partial charge < -0.3 is 15.5 Å². The van der Waals surface area contributed by atoms with Crippen molar-refractivity contribution in [3.8, 4) is 0 Å². The quantitative estimate of drug-likeness (QED) is 0.838. The molecule has 0 aromatic heterocycles. The molecule has 2 N–H and O–H groups in total. The van der Waals surface area contributed by atoms with Crippen LogP contribution in [0.4, 0.5) is 15.8 Å². The van der Waals surface area contributed by atoms with Crippen LogP contribution in [-0.2, 0) is 9.59 Å². The maximum absolute atomic E-state index is 13.6. The van der Waals surface area contributed by atoms with Crippen LogP contribution in [0.25, 0.3) is 0 Å². The molecule has 1 aliphatic rings. The van der Waals surface area contributed by atoms with Gasteiger partial charge in [0.1, 0.15) is 5.82 Å². The lowest BCUT2D eigenvalue weighted by Gasteiger charge is -2.33. The molecule has 0 heterocycles. The molecule has 132 valence electrons. The molecule has 5 nitrogen and oxygen atoms in total. The molecule has 0 aliphatic heterocycles. The molecule has 1 aromatic carbocycles. The Labute approximate surface area is 142 Å². The topological polar surface area (TPSA) is 61.4 Å². The fourth-order valence-corrected chi connectivity index (χ4v) is 3.23. The molecule has 0 atom stereocenters. The first-order valence-corrected chi connectivity index (χ1v) is 8.61. The number of benzene rings is 1. The number of amides is 2. The molecular weight excluding hydrogens is 309 g/mol. The second-order valence-corrected chi connectivity index (χ2v) is 6.20. The van der Waals surface area contributed by atoms with E-state index in [1.54, 1.807) is 6.07 Å². The summed E-state index contributed by atoms with van der Waals surface area (Å²) in [6.07, 6.45) is 5.76. The Balaban J connectivity index is 1.96. The number of rotatable bonds is 6. The maximum Gasteiger partial charge on any atom is 0.242 e. The zero-order valence-corrected chi connectivity index (χ0v) is 14.4. The number of hydrogen-bond donors (Lipinski definition) is 2. The highest BCUT2D eigenvalue weighted by atomic mass is 19.1. The van der Waals surface area contributed by atoms with Crippen LogP contribution in [0, 0.1) is 5.82 Å². The average Bonchev–Trinajstić information content (AvgIpc) is 2.57. The fourth-order valence-electron chi connectivity index (χ4n) is 3.23. The maximum atomic E-state index is 13.6. The van der Waals surface area contributed by atoms with Gasteiger partial charge in [-0.05, 0) is 38.0 Å². The Bertz CT molecular complexity index is 586. The van der Waals surface area contributed by atoms with Gasteiger partial charge in [0, 0.05) is 25.2 Å². The van der Waals surface area contributed by atoms with E-state index in [9.17, 15) is 14.0 Å². The summed E-state index contributed by atoms with van der Waals surface area (Å²) in [5.74, 6) is -0.786. The molecule has 2 amide bonds. The van der Waals surface area contributed by atoms with Crippen LogP contribution in [0.1, 0.15) is 46.0 Å². The normalized spacial score (nSPS) is 15.0. The van der Waals surface area contributed by atoms with E-state index >= 15 is 0 Å². The van der Waals surface area contributed by atoms with Crippen molar-refractivity contribution in [3.05, 3.63) is 24.0 Å². The monoisotopic (exact) mass is 335 g/mol. The van der Waals surface area contributed by atoms with Gasteiger partial charge in [-0.1, -0.05) is 19.3 Å². The summed E-state index contributed by atoms with van der Waals surface area (Å²) in [7, 11) is 0. The molecule has 0 spiro atoms. The number of halogens is 1. The van der Waals surface area contributed by atoms with Crippen LogP contribution in [0.15, 0.2) is 18.2 Å². The summed E-state index contributed by atoms with van der Waals surface area (Å²) >= 11 is 0. The number of likely N-dealkylation sites (N-methyl/N-ethyl adjacent to an activating group) is 1. The van der Waals surface area contributed by atoms with E-state index in [0.717, 1.165) is 12.8 Å². The molecule has 0 unspecified atom stereocenters. The Hall–Kier alpha value is -2.11. The van der Waals surface area contributed by atoms with Gasteiger partial charge in [0.05, 0.1) is 12.2 Å². The van der Waals surface area contributed by atoms with E-state index in [1.165, 1.54) is 38.3 Å². The minimum Gasteiger partial charge on any atom is -0.376 e. The Morgan fingerprint density at radius 3 is 2.58 bits per heavy atom. The van der Waals surface area contributed by atoms with Gasteiger partial charge in [-0.25, -0.2) is 4.39 Å². The third-order valence-electron chi connectivity index (χ3n) is 4.40. The second kappa shape index (κ2) is 8.66. The third kappa shape index (κ3) is 4.94. The van der Waals surface area contributed by atoms with Crippen LogP contribution in [0.3, 0.4) is 0 Å². The molecule has 24 heavy (non-hydrogen) atoms. The first-order chi connectivity index (χ1) is 11.5. The molecule has 1 saturated carbocycles. The van der Waals surface area contributed by atoms with Crippen molar-refractivity contribution in [1.29, 1.82) is 0 Å². The molecule has 1 fully saturated rings. The standard InChI is InChI=1S/C18H26FN3O2/c1-3-22(15-7-5-4-6-8-15)18(24)12-20-14-9-10-16(19)17(11-14)21-13(2)23/h9-11,15,20H,3-8,12H2,1-2H3,(H,21,23). The Kier molecular flexibility index (Phi) is 6.58. The highest BCUT2D eigenvalue weighted by Crippen LogP contribution is 2.23. The fraction of sp³-hybridized carbons (Fsp3) is 0.556. The average molecular weight is 335 g/mol. The molecule has 6 heteroatoms. The largest absolute Gasteiger partial charge is 0.376 e. The van der Waals surface area contributed by atoms with Gasteiger partial charge in [-0.2, -0.15) is 0 Å². The van der Waals surface area contributed by atoms with Crippen molar-refractivity contribution in [1.82, 2.24) is 4.90 Å². The highest BCUT2D eigenvalue weighted by molar-refractivity contribution is 5.89. The van der Waals surface area contributed by atoms with Gasteiger partial charge in [0.25, 0.3) is 0 Å². The van der Waals surface area contributed by atoms with Crippen LogP contribution in [0.2, 0.25) is 0 Å². The molecule has 0 bridgehead atoms. The predicted octanol–water partition coefficient (Wildman–Crippen LogP) is 3.38.